The lowest BCUT2D eigenvalue weighted by molar-refractivity contribution is 0.0995. The maximum absolute atomic E-state index is 11.9. The largest absolute Gasteiger partial charge is 0.456 e. The molecule has 0 unspecified atom stereocenters. The Hall–Kier alpha value is -2.14. The Balaban J connectivity index is 2.24. The van der Waals surface area contributed by atoms with Crippen LogP contribution in [0, 0.1) is 6.92 Å². The average molecular weight is 260 g/mol. The summed E-state index contributed by atoms with van der Waals surface area (Å²) in [7, 11) is 0. The molecule has 0 saturated carbocycles. The molecule has 0 spiro atoms. The number of thiocarbonyl (C=S) groups is 1. The van der Waals surface area contributed by atoms with Crippen molar-refractivity contribution >= 4 is 28.8 Å². The average Bonchev–Trinajstić information content (AvgIpc) is 2.76. The zero-order chi connectivity index (χ0) is 13.1. The van der Waals surface area contributed by atoms with Gasteiger partial charge >= 0.3 is 0 Å². The Morgan fingerprint density at radius 2 is 2.00 bits per heavy atom. The Kier molecular flexibility index (Phi) is 3.43. The molecule has 4 nitrogen and oxygen atoms in total. The lowest BCUT2D eigenvalue weighted by Gasteiger charge is -2.08. The van der Waals surface area contributed by atoms with E-state index in [9.17, 15) is 4.79 Å². The van der Waals surface area contributed by atoms with Crippen LogP contribution < -0.4 is 11.1 Å². The minimum absolute atomic E-state index is 0.238. The van der Waals surface area contributed by atoms with Gasteiger partial charge in [-0.2, -0.15) is 0 Å². The Labute approximate surface area is 110 Å². The van der Waals surface area contributed by atoms with Gasteiger partial charge in [-0.1, -0.05) is 24.4 Å². The maximum Gasteiger partial charge on any atom is 0.291 e. The fraction of sp³-hybridized carbons (Fsp3) is 0.0769. The van der Waals surface area contributed by atoms with Gasteiger partial charge in [0.1, 0.15) is 10.7 Å². The quantitative estimate of drug-likeness (QED) is 0.832. The summed E-state index contributed by atoms with van der Waals surface area (Å²) in [6.45, 7) is 1.78. The van der Waals surface area contributed by atoms with E-state index in [0.717, 1.165) is 0 Å². The fourth-order valence-corrected chi connectivity index (χ4v) is 1.73. The molecule has 0 aliphatic carbocycles. The number of carbonyl (C=O) groups is 1. The van der Waals surface area contributed by atoms with Crippen LogP contribution in [-0.4, -0.2) is 10.9 Å². The van der Waals surface area contributed by atoms with Gasteiger partial charge in [-0.3, -0.25) is 4.79 Å². The number of nitrogens with two attached hydrogens (primary N) is 1. The van der Waals surface area contributed by atoms with Gasteiger partial charge in [0.25, 0.3) is 5.91 Å². The lowest BCUT2D eigenvalue weighted by Crippen LogP contribution is -2.17. The molecule has 0 bridgehead atoms. The standard InChI is InChI=1S/C13H12N2O2S/c1-8-6-7-11(17-8)13(16)15-10-5-3-2-4-9(10)12(14)18/h2-7H,1H3,(H2,14,18)(H,15,16). The van der Waals surface area contributed by atoms with Gasteiger partial charge in [-0.25, -0.2) is 0 Å². The number of aryl methyl sites for hydroxylation is 1. The molecule has 1 aromatic heterocycles. The Bertz CT molecular complexity index is 605. The van der Waals surface area contributed by atoms with Crippen LogP contribution in [0.2, 0.25) is 0 Å². The molecule has 0 atom stereocenters. The van der Waals surface area contributed by atoms with Crippen molar-refractivity contribution in [3.05, 3.63) is 53.5 Å². The number of benzene rings is 1. The first-order chi connectivity index (χ1) is 8.58. The van der Waals surface area contributed by atoms with Gasteiger partial charge in [0.15, 0.2) is 5.76 Å². The molecule has 18 heavy (non-hydrogen) atoms. The molecule has 5 heteroatoms. The summed E-state index contributed by atoms with van der Waals surface area (Å²) < 4.78 is 5.24. The molecular formula is C13H12N2O2S. The predicted molar refractivity (Wildman–Crippen MR) is 73.7 cm³/mol. The van der Waals surface area contributed by atoms with Crippen LogP contribution >= 0.6 is 12.2 Å². The van der Waals surface area contributed by atoms with Gasteiger partial charge in [-0.05, 0) is 31.2 Å². The topological polar surface area (TPSA) is 68.3 Å². The van der Waals surface area contributed by atoms with Crippen molar-refractivity contribution in [2.24, 2.45) is 5.73 Å². The number of rotatable bonds is 3. The minimum Gasteiger partial charge on any atom is -0.456 e. The van der Waals surface area contributed by atoms with E-state index in [2.05, 4.69) is 5.32 Å². The first-order valence-corrected chi connectivity index (χ1v) is 5.75. The van der Waals surface area contributed by atoms with Gasteiger partial charge in [0, 0.05) is 5.56 Å². The van der Waals surface area contributed by atoms with Gasteiger partial charge < -0.3 is 15.5 Å². The third kappa shape index (κ3) is 2.57. The van der Waals surface area contributed by atoms with E-state index in [1.54, 1.807) is 43.3 Å². The van der Waals surface area contributed by atoms with Crippen LogP contribution in [-0.2, 0) is 0 Å². The molecule has 1 heterocycles. The first-order valence-electron chi connectivity index (χ1n) is 5.34. The van der Waals surface area contributed by atoms with Crippen molar-refractivity contribution in [3.63, 3.8) is 0 Å². The number of hydrogen-bond acceptors (Lipinski definition) is 3. The van der Waals surface area contributed by atoms with Crippen LogP contribution in [0.5, 0.6) is 0 Å². The maximum atomic E-state index is 11.9. The van der Waals surface area contributed by atoms with Crippen molar-refractivity contribution in [1.29, 1.82) is 0 Å². The highest BCUT2D eigenvalue weighted by molar-refractivity contribution is 7.80. The van der Waals surface area contributed by atoms with Crippen molar-refractivity contribution in [1.82, 2.24) is 0 Å². The molecule has 3 N–H and O–H groups in total. The normalized spacial score (nSPS) is 10.1. The highest BCUT2D eigenvalue weighted by Gasteiger charge is 2.12. The molecule has 0 aliphatic rings. The minimum atomic E-state index is -0.327. The first kappa shape index (κ1) is 12.3. The zero-order valence-electron chi connectivity index (χ0n) is 9.77. The SMILES string of the molecule is Cc1ccc(C(=O)Nc2ccccc2C(N)=S)o1. The van der Waals surface area contributed by atoms with Crippen LogP contribution in [0.25, 0.3) is 0 Å². The number of furan rings is 1. The predicted octanol–water partition coefficient (Wildman–Crippen LogP) is 2.47. The second kappa shape index (κ2) is 5.01. The van der Waals surface area contributed by atoms with E-state index in [1.807, 2.05) is 0 Å². The van der Waals surface area contributed by atoms with Crippen molar-refractivity contribution < 1.29 is 9.21 Å². The summed E-state index contributed by atoms with van der Waals surface area (Å²) >= 11 is 4.93. The fourth-order valence-electron chi connectivity index (χ4n) is 1.55. The number of carbonyl (C=O) groups excluding carboxylic acids is 1. The third-order valence-corrected chi connectivity index (χ3v) is 2.62. The second-order valence-electron chi connectivity index (χ2n) is 3.77. The van der Waals surface area contributed by atoms with E-state index in [0.29, 0.717) is 17.0 Å². The summed E-state index contributed by atoms with van der Waals surface area (Å²) in [4.78, 5) is 12.2. The molecule has 1 aromatic carbocycles. The molecule has 2 aromatic rings. The number of nitrogens with one attached hydrogen (secondary N) is 1. The van der Waals surface area contributed by atoms with E-state index >= 15 is 0 Å². The molecule has 0 aliphatic heterocycles. The van der Waals surface area contributed by atoms with Crippen LogP contribution in [0.1, 0.15) is 21.9 Å². The van der Waals surface area contributed by atoms with Gasteiger partial charge in [-0.15, -0.1) is 0 Å². The van der Waals surface area contributed by atoms with Crippen LogP contribution in [0.3, 0.4) is 0 Å². The summed E-state index contributed by atoms with van der Waals surface area (Å²) in [5, 5.41) is 2.72. The molecule has 92 valence electrons. The summed E-state index contributed by atoms with van der Waals surface area (Å²) in [6, 6.07) is 10.4. The molecular weight excluding hydrogens is 248 g/mol. The highest BCUT2D eigenvalue weighted by atomic mass is 32.1. The third-order valence-electron chi connectivity index (χ3n) is 2.40. The molecule has 0 radical (unpaired) electrons. The van der Waals surface area contributed by atoms with E-state index in [1.165, 1.54) is 0 Å². The summed E-state index contributed by atoms with van der Waals surface area (Å²) in [5.74, 6) is 0.611. The van der Waals surface area contributed by atoms with E-state index in [4.69, 9.17) is 22.4 Å². The van der Waals surface area contributed by atoms with Crippen molar-refractivity contribution in [3.8, 4) is 0 Å². The number of anilines is 1. The number of hydrogen-bond donors (Lipinski definition) is 2. The van der Waals surface area contributed by atoms with Crippen LogP contribution in [0.4, 0.5) is 5.69 Å². The number of amides is 1. The van der Waals surface area contributed by atoms with E-state index in [-0.39, 0.29) is 16.7 Å². The van der Waals surface area contributed by atoms with Crippen molar-refractivity contribution in [2.75, 3.05) is 5.32 Å². The summed E-state index contributed by atoms with van der Waals surface area (Å²) in [5.41, 5.74) is 6.79. The molecule has 0 fully saturated rings. The monoisotopic (exact) mass is 260 g/mol. The Morgan fingerprint density at radius 3 is 2.61 bits per heavy atom. The van der Waals surface area contributed by atoms with Gasteiger partial charge in [0.05, 0.1) is 5.69 Å². The zero-order valence-corrected chi connectivity index (χ0v) is 10.6. The van der Waals surface area contributed by atoms with Crippen LogP contribution in [0.15, 0.2) is 40.8 Å². The summed E-state index contributed by atoms with van der Waals surface area (Å²) in [6.07, 6.45) is 0. The highest BCUT2D eigenvalue weighted by Crippen LogP contribution is 2.16. The molecule has 2 rings (SSSR count). The Morgan fingerprint density at radius 1 is 1.28 bits per heavy atom. The lowest BCUT2D eigenvalue weighted by atomic mass is 10.1. The second-order valence-corrected chi connectivity index (χ2v) is 4.21. The van der Waals surface area contributed by atoms with Gasteiger partial charge in [0.2, 0.25) is 0 Å². The molecule has 1 amide bonds. The smallest absolute Gasteiger partial charge is 0.291 e. The van der Waals surface area contributed by atoms with Crippen molar-refractivity contribution in [2.45, 2.75) is 6.92 Å². The molecule has 0 saturated heterocycles. The van der Waals surface area contributed by atoms with E-state index < -0.39 is 0 Å². The number of para-hydroxylation sites is 1.